The third-order valence-electron chi connectivity index (χ3n) is 0. The van der Waals surface area contributed by atoms with Crippen LogP contribution in [0.4, 0.5) is 0 Å². The number of aliphatic hydroxyl groups is 1. The van der Waals surface area contributed by atoms with Crippen LogP contribution < -0.4 is 34.0 Å². The summed E-state index contributed by atoms with van der Waals surface area (Å²) in [6.07, 6.45) is 0. The van der Waals surface area contributed by atoms with Crippen LogP contribution in [0.3, 0.4) is 0 Å². The van der Waals surface area contributed by atoms with E-state index >= 15 is 0 Å². The maximum atomic E-state index is 7.00. The summed E-state index contributed by atoms with van der Waals surface area (Å²) in [6, 6.07) is 0. The van der Waals surface area contributed by atoms with Crippen LogP contribution >= 0.6 is 34.8 Å². The largest absolute Gasteiger partial charge is 2.00 e. The van der Waals surface area contributed by atoms with E-state index in [2.05, 4.69) is 0 Å². The van der Waals surface area contributed by atoms with E-state index in [1.165, 1.54) is 0 Å². The molecule has 0 heterocycles. The minimum Gasteiger partial charge on any atom is -1.00 e. The fraction of sp³-hybridized carbons (Fsp3) is 1.00. The molecule has 0 aromatic heterocycles. The Morgan fingerprint density at radius 3 is 1.00 bits per heavy atom. The van der Waals surface area contributed by atoms with E-state index in [4.69, 9.17) is 39.9 Å². The van der Waals surface area contributed by atoms with Crippen LogP contribution in [0.25, 0.3) is 0 Å². The van der Waals surface area contributed by atoms with Crippen LogP contribution in [0.5, 0.6) is 0 Å². The number of rotatable bonds is 0. The van der Waals surface area contributed by atoms with Crippen molar-refractivity contribution in [1.82, 2.24) is 0 Å². The van der Waals surface area contributed by atoms with Gasteiger partial charge in [-0.05, 0) is 0 Å². The minimum absolute atomic E-state index is 0. The molecule has 1 nitrogen and oxygen atoms in total. The van der Waals surface area contributed by atoms with Crippen LogP contribution in [0.2, 0.25) is 0 Å². The molecule has 0 atom stereocenters. The van der Waals surface area contributed by atoms with Crippen molar-refractivity contribution in [3.63, 3.8) is 0 Å². The number of halogens is 5. The second-order valence-corrected chi connectivity index (χ2v) is 2.23. The quantitative estimate of drug-likeness (QED) is 0.334. The molecular formula is C2H5Br2Cl3OZn. The van der Waals surface area contributed by atoms with Gasteiger partial charge in [0.25, 0.3) is 0 Å². The van der Waals surface area contributed by atoms with Gasteiger partial charge in [-0.3, -0.25) is 0 Å². The van der Waals surface area contributed by atoms with Gasteiger partial charge in [0, 0.05) is 7.11 Å². The summed E-state index contributed by atoms with van der Waals surface area (Å²) in [5, 5.41) is 7.00. The molecule has 0 fully saturated rings. The molecule has 0 rings (SSSR count). The fourth-order valence-electron chi connectivity index (χ4n) is 0. The van der Waals surface area contributed by atoms with Crippen LogP contribution in [-0.4, -0.2) is 16.5 Å². The predicted molar refractivity (Wildman–Crippen MR) is 29.5 cm³/mol. The molecule has 0 aliphatic heterocycles. The summed E-state index contributed by atoms with van der Waals surface area (Å²) >= 11 is 14.4. The van der Waals surface area contributed by atoms with Crippen molar-refractivity contribution < 1.29 is 58.5 Å². The first kappa shape index (κ1) is 30.1. The van der Waals surface area contributed by atoms with E-state index in [1.807, 2.05) is 0 Å². The number of hydrogen-bond donors (Lipinski definition) is 1. The summed E-state index contributed by atoms with van der Waals surface area (Å²) < 4.78 is -0.750. The molecular weight excluding hydrogens is 372 g/mol. The molecule has 56 valence electrons. The van der Waals surface area contributed by atoms with Crippen LogP contribution in [0.1, 0.15) is 0 Å². The molecule has 0 amide bonds. The molecule has 0 bridgehead atoms. The minimum atomic E-state index is -0.750. The summed E-state index contributed by atoms with van der Waals surface area (Å²) in [7, 11) is 1.00. The zero-order valence-electron chi connectivity index (χ0n) is 4.62. The molecule has 0 unspecified atom stereocenters. The van der Waals surface area contributed by atoms with Crippen molar-refractivity contribution in [2.75, 3.05) is 7.11 Å². The Hall–Kier alpha value is 2.41. The molecule has 0 saturated carbocycles. The molecule has 0 saturated heterocycles. The summed E-state index contributed by atoms with van der Waals surface area (Å²) in [5.41, 5.74) is 0. The van der Waals surface area contributed by atoms with Gasteiger partial charge in [-0.1, -0.05) is 34.8 Å². The summed E-state index contributed by atoms with van der Waals surface area (Å²) in [5.74, 6) is 0. The van der Waals surface area contributed by atoms with Crippen LogP contribution in [-0.2, 0) is 19.5 Å². The van der Waals surface area contributed by atoms with E-state index in [0.717, 1.165) is 7.11 Å². The molecule has 0 radical (unpaired) electrons. The molecule has 0 aliphatic carbocycles. The Balaban J connectivity index is -0.00000000990. The number of hydrogen-bond acceptors (Lipinski definition) is 1. The Morgan fingerprint density at radius 1 is 1.00 bits per heavy atom. The van der Waals surface area contributed by atoms with Gasteiger partial charge in [-0.2, -0.15) is 0 Å². The van der Waals surface area contributed by atoms with E-state index < -0.39 is 4.30 Å². The van der Waals surface area contributed by atoms with E-state index in [0.29, 0.717) is 0 Å². The predicted octanol–water partition coefficient (Wildman–Crippen LogP) is -4.40. The monoisotopic (exact) mass is 372 g/mol. The average molecular weight is 377 g/mol. The van der Waals surface area contributed by atoms with Crippen molar-refractivity contribution in [2.24, 2.45) is 0 Å². The fourth-order valence-corrected chi connectivity index (χ4v) is 0. The Bertz CT molecular complexity index is 24.5. The van der Waals surface area contributed by atoms with E-state index in [9.17, 15) is 0 Å². The smallest absolute Gasteiger partial charge is 1.00 e. The zero-order valence-corrected chi connectivity index (χ0v) is 13.0. The Kier molecular flexibility index (Phi) is 105. The SMILES string of the molecule is CO.ClC(Cl)Cl.[Br-].[Br-].[Zn+2]. The third kappa shape index (κ3) is 127. The first-order valence-corrected chi connectivity index (χ1v) is 2.41. The van der Waals surface area contributed by atoms with Gasteiger partial charge in [0.2, 0.25) is 0 Å². The van der Waals surface area contributed by atoms with E-state index in [-0.39, 0.29) is 53.4 Å². The Labute approximate surface area is 104 Å². The van der Waals surface area contributed by atoms with Crippen molar-refractivity contribution in [3.8, 4) is 0 Å². The first-order chi connectivity index (χ1) is 2.73. The number of aliphatic hydroxyl groups excluding tert-OH is 1. The second kappa shape index (κ2) is 31.5. The van der Waals surface area contributed by atoms with Gasteiger partial charge in [0.05, 0.1) is 0 Å². The molecule has 1 N–H and O–H groups in total. The second-order valence-electron chi connectivity index (χ2n) is 0.247. The van der Waals surface area contributed by atoms with Crippen molar-refractivity contribution in [1.29, 1.82) is 0 Å². The third-order valence-corrected chi connectivity index (χ3v) is 0. The summed E-state index contributed by atoms with van der Waals surface area (Å²) in [6.45, 7) is 0. The molecule has 9 heavy (non-hydrogen) atoms. The van der Waals surface area contributed by atoms with Crippen molar-refractivity contribution in [2.45, 2.75) is 4.30 Å². The van der Waals surface area contributed by atoms with Gasteiger partial charge in [0.1, 0.15) is 0 Å². The van der Waals surface area contributed by atoms with E-state index in [1.54, 1.807) is 0 Å². The number of alkyl halides is 3. The average Bonchev–Trinajstić information content (AvgIpc) is 1.41. The molecule has 7 heteroatoms. The van der Waals surface area contributed by atoms with Gasteiger partial charge in [-0.15, -0.1) is 0 Å². The maximum Gasteiger partial charge on any atom is 2.00 e. The van der Waals surface area contributed by atoms with Crippen LogP contribution in [0.15, 0.2) is 0 Å². The molecule has 0 aliphatic rings. The zero-order chi connectivity index (χ0) is 5.58. The van der Waals surface area contributed by atoms with Gasteiger partial charge < -0.3 is 39.1 Å². The topological polar surface area (TPSA) is 20.2 Å². The normalized spacial score (nSPS) is 4.67. The van der Waals surface area contributed by atoms with Crippen molar-refractivity contribution in [3.05, 3.63) is 0 Å². The molecule has 0 spiro atoms. The van der Waals surface area contributed by atoms with Crippen molar-refractivity contribution >= 4 is 34.8 Å². The first-order valence-electron chi connectivity index (χ1n) is 1.10. The summed E-state index contributed by atoms with van der Waals surface area (Å²) in [4.78, 5) is 0. The van der Waals surface area contributed by atoms with Crippen LogP contribution in [0, 0.1) is 0 Å². The van der Waals surface area contributed by atoms with Gasteiger partial charge >= 0.3 is 19.5 Å². The Morgan fingerprint density at radius 2 is 1.00 bits per heavy atom. The molecule has 0 aromatic rings. The standard InChI is InChI=1S/CHCl3.CH4O.2BrH.Zn/c2-1(3)4;1-2;;;/h1H;2H,1H3;2*1H;/q;;;;+2/p-2. The van der Waals surface area contributed by atoms with Gasteiger partial charge in [-0.25, -0.2) is 0 Å². The molecule has 0 aromatic carbocycles. The van der Waals surface area contributed by atoms with Gasteiger partial charge in [0.15, 0.2) is 4.30 Å². The maximum absolute atomic E-state index is 7.00.